The van der Waals surface area contributed by atoms with Gasteiger partial charge in [-0.1, -0.05) is 18.6 Å². The van der Waals surface area contributed by atoms with E-state index in [0.717, 1.165) is 24.2 Å². The van der Waals surface area contributed by atoms with Crippen LogP contribution in [0.2, 0.25) is 0 Å². The molecule has 1 aromatic carbocycles. The molecule has 1 unspecified atom stereocenters. The van der Waals surface area contributed by atoms with Crippen LogP contribution in [0.3, 0.4) is 0 Å². The minimum Gasteiger partial charge on any atom is -0.494 e. The number of hydrogen-bond acceptors (Lipinski definition) is 3. The van der Waals surface area contributed by atoms with E-state index in [-0.39, 0.29) is 11.8 Å². The molecule has 0 radical (unpaired) electrons. The van der Waals surface area contributed by atoms with E-state index in [2.05, 4.69) is 10.6 Å². The summed E-state index contributed by atoms with van der Waals surface area (Å²) in [6.45, 7) is 2.99. The molecule has 1 atom stereocenters. The van der Waals surface area contributed by atoms with Crippen molar-refractivity contribution < 1.29 is 14.3 Å². The van der Waals surface area contributed by atoms with Crippen LogP contribution in [-0.4, -0.2) is 24.5 Å². The van der Waals surface area contributed by atoms with Crippen molar-refractivity contribution in [3.05, 3.63) is 29.8 Å². The lowest BCUT2D eigenvalue weighted by Gasteiger charge is -2.15. The first kappa shape index (κ1) is 15.4. The van der Waals surface area contributed by atoms with E-state index in [1.807, 2.05) is 31.2 Å². The zero-order chi connectivity index (χ0) is 15.1. The summed E-state index contributed by atoms with van der Waals surface area (Å²) in [4.78, 5) is 23.6. The van der Waals surface area contributed by atoms with E-state index in [4.69, 9.17) is 4.74 Å². The van der Waals surface area contributed by atoms with Gasteiger partial charge in [-0.15, -0.1) is 0 Å². The molecule has 21 heavy (non-hydrogen) atoms. The molecule has 1 heterocycles. The van der Waals surface area contributed by atoms with Gasteiger partial charge in [0.05, 0.1) is 6.61 Å². The Morgan fingerprint density at radius 1 is 1.43 bits per heavy atom. The highest BCUT2D eigenvalue weighted by molar-refractivity contribution is 5.87. The van der Waals surface area contributed by atoms with Gasteiger partial charge in [-0.05, 0) is 37.5 Å². The monoisotopic (exact) mass is 290 g/mol. The Hall–Kier alpha value is -2.04. The lowest BCUT2D eigenvalue weighted by molar-refractivity contribution is -0.128. The summed E-state index contributed by atoms with van der Waals surface area (Å²) < 4.78 is 5.43. The van der Waals surface area contributed by atoms with Crippen LogP contribution in [0.4, 0.5) is 0 Å². The number of nitrogens with one attached hydrogen (secondary N) is 2. The molecule has 0 bridgehead atoms. The van der Waals surface area contributed by atoms with Gasteiger partial charge in [-0.2, -0.15) is 0 Å². The Morgan fingerprint density at radius 3 is 3.10 bits per heavy atom. The van der Waals surface area contributed by atoms with Crippen molar-refractivity contribution in [2.75, 3.05) is 6.61 Å². The van der Waals surface area contributed by atoms with Gasteiger partial charge in [-0.25, -0.2) is 0 Å². The molecule has 1 fully saturated rings. The first-order chi connectivity index (χ1) is 10.2. The number of hydrogen-bond donors (Lipinski definition) is 2. The SMILES string of the molecule is CCOc1cccc(CNC(=O)C2CCCCC(=O)N2)c1. The summed E-state index contributed by atoms with van der Waals surface area (Å²) >= 11 is 0. The van der Waals surface area contributed by atoms with E-state index in [1.54, 1.807) is 0 Å². The van der Waals surface area contributed by atoms with E-state index in [1.165, 1.54) is 0 Å². The van der Waals surface area contributed by atoms with Crippen molar-refractivity contribution in [3.8, 4) is 5.75 Å². The second kappa shape index (κ2) is 7.67. The fourth-order valence-corrected chi connectivity index (χ4v) is 2.39. The van der Waals surface area contributed by atoms with Crippen molar-refractivity contribution >= 4 is 11.8 Å². The summed E-state index contributed by atoms with van der Waals surface area (Å²) in [5, 5.41) is 5.65. The maximum atomic E-state index is 12.1. The van der Waals surface area contributed by atoms with Crippen LogP contribution in [0.5, 0.6) is 5.75 Å². The molecule has 114 valence electrons. The van der Waals surface area contributed by atoms with Gasteiger partial charge in [0.1, 0.15) is 11.8 Å². The van der Waals surface area contributed by atoms with Crippen molar-refractivity contribution in [1.29, 1.82) is 0 Å². The predicted molar refractivity (Wildman–Crippen MR) is 79.9 cm³/mol. The van der Waals surface area contributed by atoms with Gasteiger partial charge in [0.15, 0.2) is 0 Å². The maximum absolute atomic E-state index is 12.1. The summed E-state index contributed by atoms with van der Waals surface area (Å²) in [6, 6.07) is 7.24. The first-order valence-electron chi connectivity index (χ1n) is 7.48. The molecular weight excluding hydrogens is 268 g/mol. The number of ether oxygens (including phenoxy) is 1. The summed E-state index contributed by atoms with van der Waals surface area (Å²) in [5.74, 6) is 0.644. The van der Waals surface area contributed by atoms with Gasteiger partial charge in [0.2, 0.25) is 11.8 Å². The average Bonchev–Trinajstić information content (AvgIpc) is 2.70. The molecule has 2 rings (SSSR count). The third-order valence-electron chi connectivity index (χ3n) is 3.47. The van der Waals surface area contributed by atoms with Crippen molar-refractivity contribution in [2.45, 2.75) is 45.2 Å². The van der Waals surface area contributed by atoms with E-state index in [0.29, 0.717) is 26.0 Å². The van der Waals surface area contributed by atoms with Gasteiger partial charge in [0.25, 0.3) is 0 Å². The molecule has 0 spiro atoms. The lowest BCUT2D eigenvalue weighted by atomic mass is 10.1. The Morgan fingerprint density at radius 2 is 2.29 bits per heavy atom. The Labute approximate surface area is 125 Å². The van der Waals surface area contributed by atoms with Crippen LogP contribution in [0.1, 0.15) is 38.2 Å². The van der Waals surface area contributed by atoms with Crippen molar-refractivity contribution in [3.63, 3.8) is 0 Å². The zero-order valence-electron chi connectivity index (χ0n) is 12.4. The fourth-order valence-electron chi connectivity index (χ4n) is 2.39. The topological polar surface area (TPSA) is 67.4 Å². The molecule has 1 aliphatic rings. The first-order valence-corrected chi connectivity index (χ1v) is 7.48. The van der Waals surface area contributed by atoms with Gasteiger partial charge in [-0.3, -0.25) is 9.59 Å². The molecule has 2 N–H and O–H groups in total. The fraction of sp³-hybridized carbons (Fsp3) is 0.500. The number of amides is 2. The van der Waals surface area contributed by atoms with Crippen LogP contribution in [-0.2, 0) is 16.1 Å². The minimum atomic E-state index is -0.407. The molecule has 1 aromatic rings. The van der Waals surface area contributed by atoms with Gasteiger partial charge >= 0.3 is 0 Å². The average molecular weight is 290 g/mol. The van der Waals surface area contributed by atoms with E-state index < -0.39 is 6.04 Å². The maximum Gasteiger partial charge on any atom is 0.242 e. The molecular formula is C16H22N2O3. The van der Waals surface area contributed by atoms with E-state index >= 15 is 0 Å². The molecule has 5 heteroatoms. The molecule has 2 amide bonds. The van der Waals surface area contributed by atoms with Crippen molar-refractivity contribution in [1.82, 2.24) is 10.6 Å². The molecule has 1 aliphatic heterocycles. The molecule has 0 aromatic heterocycles. The molecule has 1 saturated heterocycles. The summed E-state index contributed by atoms with van der Waals surface area (Å²) in [5.41, 5.74) is 0.981. The Balaban J connectivity index is 1.88. The highest BCUT2D eigenvalue weighted by atomic mass is 16.5. The number of rotatable bonds is 5. The molecule has 5 nitrogen and oxygen atoms in total. The predicted octanol–water partition coefficient (Wildman–Crippen LogP) is 1.76. The third kappa shape index (κ3) is 4.77. The van der Waals surface area contributed by atoms with Crippen LogP contribution in [0.25, 0.3) is 0 Å². The van der Waals surface area contributed by atoms with Crippen molar-refractivity contribution in [2.24, 2.45) is 0 Å². The Bertz CT molecular complexity index is 502. The smallest absolute Gasteiger partial charge is 0.242 e. The Kier molecular flexibility index (Phi) is 5.60. The lowest BCUT2D eigenvalue weighted by Crippen LogP contribution is -2.45. The van der Waals surface area contributed by atoms with Crippen LogP contribution >= 0.6 is 0 Å². The number of carbonyl (C=O) groups is 2. The highest BCUT2D eigenvalue weighted by Crippen LogP contribution is 2.13. The van der Waals surface area contributed by atoms with Crippen LogP contribution < -0.4 is 15.4 Å². The standard InChI is InChI=1S/C16H22N2O3/c1-2-21-13-7-5-6-12(10-13)11-17-16(20)14-8-3-4-9-15(19)18-14/h5-7,10,14H,2-4,8-9,11H2,1H3,(H,17,20)(H,18,19). The summed E-state index contributed by atoms with van der Waals surface area (Å²) in [6.07, 6.45) is 2.97. The van der Waals surface area contributed by atoms with Crippen LogP contribution in [0, 0.1) is 0 Å². The largest absolute Gasteiger partial charge is 0.494 e. The zero-order valence-corrected chi connectivity index (χ0v) is 12.4. The van der Waals surface area contributed by atoms with E-state index in [9.17, 15) is 9.59 Å². The number of carbonyl (C=O) groups excluding carboxylic acids is 2. The molecule has 0 aliphatic carbocycles. The second-order valence-electron chi connectivity index (χ2n) is 5.16. The van der Waals surface area contributed by atoms with Gasteiger partial charge < -0.3 is 15.4 Å². The quantitative estimate of drug-likeness (QED) is 0.868. The minimum absolute atomic E-state index is 0.0361. The number of benzene rings is 1. The highest BCUT2D eigenvalue weighted by Gasteiger charge is 2.22. The summed E-state index contributed by atoms with van der Waals surface area (Å²) in [7, 11) is 0. The normalized spacial score (nSPS) is 18.5. The van der Waals surface area contributed by atoms with Crippen LogP contribution in [0.15, 0.2) is 24.3 Å². The molecule has 0 saturated carbocycles. The second-order valence-corrected chi connectivity index (χ2v) is 5.16. The third-order valence-corrected chi connectivity index (χ3v) is 3.47. The van der Waals surface area contributed by atoms with Gasteiger partial charge in [0, 0.05) is 13.0 Å².